The number of aliphatic carboxylic acids is 1. The van der Waals surface area contributed by atoms with Crippen LogP contribution in [0.4, 0.5) is 0 Å². The zero-order chi connectivity index (χ0) is 16.7. The molecule has 23 heavy (non-hydrogen) atoms. The number of fused-ring (bicyclic) bond motifs is 1. The number of aromatic nitrogens is 1. The van der Waals surface area contributed by atoms with Gasteiger partial charge in [0.25, 0.3) is 0 Å². The van der Waals surface area contributed by atoms with Crippen molar-refractivity contribution in [1.29, 1.82) is 0 Å². The van der Waals surface area contributed by atoms with Crippen molar-refractivity contribution < 1.29 is 14.6 Å². The maximum Gasteiger partial charge on any atom is 0.307 e. The van der Waals surface area contributed by atoms with E-state index in [0.717, 1.165) is 41.1 Å². The van der Waals surface area contributed by atoms with Crippen LogP contribution in [-0.4, -0.2) is 28.7 Å². The Bertz CT molecular complexity index is 668. The van der Waals surface area contributed by atoms with Crippen LogP contribution in [0.3, 0.4) is 0 Å². The topological polar surface area (TPSA) is 85.4 Å². The van der Waals surface area contributed by atoms with E-state index in [-0.39, 0.29) is 17.9 Å². The summed E-state index contributed by atoms with van der Waals surface area (Å²) in [5.41, 5.74) is 9.65. The van der Waals surface area contributed by atoms with Gasteiger partial charge in [-0.1, -0.05) is 5.57 Å². The molecule has 0 bridgehead atoms. The molecule has 5 heteroatoms. The smallest absolute Gasteiger partial charge is 0.307 e. The lowest BCUT2D eigenvalue weighted by Crippen LogP contribution is -2.20. The van der Waals surface area contributed by atoms with E-state index < -0.39 is 5.97 Å². The van der Waals surface area contributed by atoms with Gasteiger partial charge in [-0.25, -0.2) is 4.98 Å². The summed E-state index contributed by atoms with van der Waals surface area (Å²) in [6.07, 6.45) is 1.90. The number of carboxylic acid groups (broad SMARTS) is 1. The molecule has 1 aromatic rings. The van der Waals surface area contributed by atoms with Gasteiger partial charge in [-0.3, -0.25) is 4.79 Å². The number of pyridine rings is 1. The summed E-state index contributed by atoms with van der Waals surface area (Å²) in [5, 5.41) is 9.19. The van der Waals surface area contributed by atoms with Gasteiger partial charge in [0.2, 0.25) is 0 Å². The van der Waals surface area contributed by atoms with E-state index in [1.54, 1.807) is 0 Å². The summed E-state index contributed by atoms with van der Waals surface area (Å²) in [6.45, 7) is 6.48. The second-order valence-corrected chi connectivity index (χ2v) is 6.73. The standard InChI is InChI=1S/C18H24N2O3/c1-9(8-19)10(2)13-5-7-14(11(3)20-13)23-15-6-4-12-16(15)17(12)18(21)22/h5,7,12,15-17H,4,6,8,19H2,1-3H3,(H,21,22)/b10-9-/t12?,15-,16?,17?/m1/s1. The van der Waals surface area contributed by atoms with Crippen LogP contribution in [-0.2, 0) is 4.79 Å². The molecular weight excluding hydrogens is 292 g/mol. The number of carbonyl (C=O) groups is 1. The summed E-state index contributed by atoms with van der Waals surface area (Å²) in [5.74, 6) is 0.346. The highest BCUT2D eigenvalue weighted by molar-refractivity contribution is 5.75. The third-order valence-electron chi connectivity index (χ3n) is 5.37. The van der Waals surface area contributed by atoms with E-state index in [1.807, 2.05) is 32.9 Å². The maximum absolute atomic E-state index is 11.2. The number of hydrogen-bond donors (Lipinski definition) is 2. The van der Waals surface area contributed by atoms with Crippen LogP contribution in [0.2, 0.25) is 0 Å². The zero-order valence-electron chi connectivity index (χ0n) is 13.9. The minimum Gasteiger partial charge on any atom is -0.488 e. The molecule has 0 amide bonds. The predicted molar refractivity (Wildman–Crippen MR) is 88.1 cm³/mol. The first-order valence-electron chi connectivity index (χ1n) is 8.18. The highest BCUT2D eigenvalue weighted by atomic mass is 16.5. The summed E-state index contributed by atoms with van der Waals surface area (Å²) in [4.78, 5) is 15.8. The second kappa shape index (κ2) is 5.96. The van der Waals surface area contributed by atoms with Gasteiger partial charge in [-0.2, -0.15) is 0 Å². The van der Waals surface area contributed by atoms with Crippen LogP contribution < -0.4 is 10.5 Å². The predicted octanol–water partition coefficient (Wildman–Crippen LogP) is 2.63. The fourth-order valence-corrected chi connectivity index (χ4v) is 3.73. The highest BCUT2D eigenvalue weighted by Crippen LogP contribution is 2.58. The lowest BCUT2D eigenvalue weighted by molar-refractivity contribution is -0.139. The molecular formula is C18H24N2O3. The van der Waals surface area contributed by atoms with Crippen molar-refractivity contribution in [3.8, 4) is 5.75 Å². The molecule has 2 saturated carbocycles. The highest BCUT2D eigenvalue weighted by Gasteiger charge is 2.63. The number of hydrogen-bond acceptors (Lipinski definition) is 4. The van der Waals surface area contributed by atoms with Gasteiger partial charge >= 0.3 is 5.97 Å². The number of aryl methyl sites for hydroxylation is 1. The van der Waals surface area contributed by atoms with Gasteiger partial charge in [0.05, 0.1) is 17.3 Å². The number of carboxylic acids is 1. The normalized spacial score (nSPS) is 29.7. The van der Waals surface area contributed by atoms with Gasteiger partial charge in [0.15, 0.2) is 0 Å². The average Bonchev–Trinajstić information content (AvgIpc) is 3.13. The molecule has 0 radical (unpaired) electrons. The number of allylic oxidation sites excluding steroid dienone is 1. The lowest BCUT2D eigenvalue weighted by Gasteiger charge is -2.18. The van der Waals surface area contributed by atoms with Gasteiger partial charge < -0.3 is 15.6 Å². The third kappa shape index (κ3) is 2.85. The lowest BCUT2D eigenvalue weighted by atomic mass is 10.1. The van der Waals surface area contributed by atoms with Gasteiger partial charge in [-0.15, -0.1) is 0 Å². The van der Waals surface area contributed by atoms with Crippen molar-refractivity contribution in [2.75, 3.05) is 6.54 Å². The maximum atomic E-state index is 11.2. The molecule has 1 aromatic heterocycles. The van der Waals surface area contributed by atoms with Gasteiger partial charge in [0, 0.05) is 12.5 Å². The van der Waals surface area contributed by atoms with E-state index in [4.69, 9.17) is 10.5 Å². The first kappa shape index (κ1) is 16.0. The van der Waals surface area contributed by atoms with E-state index >= 15 is 0 Å². The Balaban J connectivity index is 1.74. The minimum atomic E-state index is -0.684. The van der Waals surface area contributed by atoms with E-state index in [0.29, 0.717) is 12.5 Å². The van der Waals surface area contributed by atoms with Crippen molar-refractivity contribution in [2.45, 2.75) is 39.7 Å². The number of ether oxygens (including phenoxy) is 1. The van der Waals surface area contributed by atoms with Crippen LogP contribution in [0.1, 0.15) is 38.1 Å². The van der Waals surface area contributed by atoms with Crippen LogP contribution >= 0.6 is 0 Å². The summed E-state index contributed by atoms with van der Waals surface area (Å²) in [7, 11) is 0. The Morgan fingerprint density at radius 1 is 1.39 bits per heavy atom. The first-order valence-corrected chi connectivity index (χ1v) is 8.18. The third-order valence-corrected chi connectivity index (χ3v) is 5.37. The Morgan fingerprint density at radius 2 is 2.13 bits per heavy atom. The molecule has 3 N–H and O–H groups in total. The molecule has 2 aliphatic rings. The van der Waals surface area contributed by atoms with Crippen molar-refractivity contribution in [2.24, 2.45) is 23.5 Å². The molecule has 0 aromatic carbocycles. The SMILES string of the molecule is C/C(CN)=C(\C)c1ccc(O[C@@H]2CCC3C(C(=O)O)C32)c(C)n1. The first-order chi connectivity index (χ1) is 10.9. The molecule has 4 atom stereocenters. The molecule has 124 valence electrons. The van der Waals surface area contributed by atoms with Crippen LogP contribution in [0.15, 0.2) is 17.7 Å². The Hall–Kier alpha value is -1.88. The van der Waals surface area contributed by atoms with E-state index in [9.17, 15) is 9.90 Å². The molecule has 1 heterocycles. The molecule has 2 fully saturated rings. The minimum absolute atomic E-state index is 0.00914. The average molecular weight is 316 g/mol. The largest absolute Gasteiger partial charge is 0.488 e. The number of nitrogens with two attached hydrogens (primary N) is 1. The molecule has 2 aliphatic carbocycles. The summed E-state index contributed by atoms with van der Waals surface area (Å²) in [6, 6.07) is 3.89. The van der Waals surface area contributed by atoms with Crippen LogP contribution in [0, 0.1) is 24.7 Å². The fourth-order valence-electron chi connectivity index (χ4n) is 3.73. The molecule has 3 unspecified atom stereocenters. The van der Waals surface area contributed by atoms with Gasteiger partial charge in [0.1, 0.15) is 11.9 Å². The van der Waals surface area contributed by atoms with Crippen molar-refractivity contribution in [3.05, 3.63) is 29.1 Å². The Kier molecular flexibility index (Phi) is 4.15. The van der Waals surface area contributed by atoms with Crippen molar-refractivity contribution >= 4 is 11.5 Å². The molecule has 5 nitrogen and oxygen atoms in total. The fraction of sp³-hybridized carbons (Fsp3) is 0.556. The summed E-state index contributed by atoms with van der Waals surface area (Å²) < 4.78 is 6.10. The van der Waals surface area contributed by atoms with Gasteiger partial charge in [-0.05, 0) is 57.2 Å². The summed E-state index contributed by atoms with van der Waals surface area (Å²) >= 11 is 0. The van der Waals surface area contributed by atoms with Crippen LogP contribution in [0.5, 0.6) is 5.75 Å². The number of rotatable bonds is 5. The Labute approximate surface area is 136 Å². The van der Waals surface area contributed by atoms with Crippen molar-refractivity contribution in [1.82, 2.24) is 4.98 Å². The van der Waals surface area contributed by atoms with Crippen LogP contribution in [0.25, 0.3) is 5.57 Å². The molecule has 0 spiro atoms. The molecule has 0 aliphatic heterocycles. The van der Waals surface area contributed by atoms with E-state index in [1.165, 1.54) is 0 Å². The van der Waals surface area contributed by atoms with E-state index in [2.05, 4.69) is 4.98 Å². The monoisotopic (exact) mass is 316 g/mol. The molecule has 0 saturated heterocycles. The number of nitrogens with zero attached hydrogens (tertiary/aromatic N) is 1. The second-order valence-electron chi connectivity index (χ2n) is 6.73. The quantitative estimate of drug-likeness (QED) is 0.872. The zero-order valence-corrected chi connectivity index (χ0v) is 13.9. The van der Waals surface area contributed by atoms with Crippen molar-refractivity contribution in [3.63, 3.8) is 0 Å². The molecule has 3 rings (SSSR count). The Morgan fingerprint density at radius 3 is 2.70 bits per heavy atom.